The molecule has 0 aliphatic carbocycles. The number of benzene rings is 1. The van der Waals surface area contributed by atoms with E-state index in [4.69, 9.17) is 9.15 Å². The summed E-state index contributed by atoms with van der Waals surface area (Å²) in [7, 11) is 1.62. The number of rotatable bonds is 3. The van der Waals surface area contributed by atoms with Crippen LogP contribution in [0.25, 0.3) is 11.0 Å². The maximum absolute atomic E-state index is 10.5. The van der Waals surface area contributed by atoms with E-state index in [2.05, 4.69) is 0 Å². The summed E-state index contributed by atoms with van der Waals surface area (Å²) in [6, 6.07) is 7.20. The van der Waals surface area contributed by atoms with E-state index >= 15 is 0 Å². The maximum atomic E-state index is 10.5. The van der Waals surface area contributed by atoms with Gasteiger partial charge >= 0.3 is 0 Å². The lowest BCUT2D eigenvalue weighted by Gasteiger charge is -1.90. The number of fused-ring (bicyclic) bond motifs is 1. The fraction of sp³-hybridized carbons (Fsp3) is 0.182. The number of carbonyl (C=O) groups excluding carboxylic acids is 1. The highest BCUT2D eigenvalue weighted by atomic mass is 16.5. The van der Waals surface area contributed by atoms with Crippen molar-refractivity contribution in [1.29, 1.82) is 0 Å². The number of aldehydes is 1. The third-order valence-electron chi connectivity index (χ3n) is 2.01. The van der Waals surface area contributed by atoms with Crippen LogP contribution in [0.15, 0.2) is 28.7 Å². The molecule has 3 nitrogen and oxygen atoms in total. The van der Waals surface area contributed by atoms with Crippen LogP contribution in [0.1, 0.15) is 16.1 Å². The van der Waals surface area contributed by atoms with Crippen LogP contribution in [0.4, 0.5) is 0 Å². The van der Waals surface area contributed by atoms with E-state index < -0.39 is 0 Å². The van der Waals surface area contributed by atoms with Gasteiger partial charge in [0.15, 0.2) is 0 Å². The summed E-state index contributed by atoms with van der Waals surface area (Å²) in [5.41, 5.74) is 1.44. The van der Waals surface area contributed by atoms with Crippen LogP contribution in [0.2, 0.25) is 0 Å². The SMILES string of the molecule is COCc1cc2cc(C=O)ccc2o1. The molecule has 0 amide bonds. The van der Waals surface area contributed by atoms with Gasteiger partial charge in [-0.1, -0.05) is 0 Å². The summed E-state index contributed by atoms with van der Waals surface area (Å²) in [5.74, 6) is 0.769. The number of hydrogen-bond donors (Lipinski definition) is 0. The molecule has 0 spiro atoms. The molecule has 0 bridgehead atoms. The molecule has 1 aromatic heterocycles. The first-order valence-corrected chi connectivity index (χ1v) is 4.30. The van der Waals surface area contributed by atoms with Crippen molar-refractivity contribution in [3.8, 4) is 0 Å². The Labute approximate surface area is 81.3 Å². The fourth-order valence-electron chi connectivity index (χ4n) is 1.40. The predicted octanol–water partition coefficient (Wildman–Crippen LogP) is 2.39. The van der Waals surface area contributed by atoms with Gasteiger partial charge in [-0.3, -0.25) is 4.79 Å². The third kappa shape index (κ3) is 1.54. The number of ether oxygens (including phenoxy) is 1. The summed E-state index contributed by atoms with van der Waals surface area (Å²) < 4.78 is 10.4. The fourth-order valence-corrected chi connectivity index (χ4v) is 1.40. The van der Waals surface area contributed by atoms with Crippen LogP contribution in [0, 0.1) is 0 Å². The van der Waals surface area contributed by atoms with E-state index in [-0.39, 0.29) is 0 Å². The van der Waals surface area contributed by atoms with Gasteiger partial charge in [0, 0.05) is 18.1 Å². The second-order valence-electron chi connectivity index (χ2n) is 3.06. The quantitative estimate of drug-likeness (QED) is 0.697. The average Bonchev–Trinajstić information content (AvgIpc) is 2.59. The Balaban J connectivity index is 2.48. The molecule has 1 aromatic carbocycles. The summed E-state index contributed by atoms with van der Waals surface area (Å²) >= 11 is 0. The Morgan fingerprint density at radius 3 is 3.00 bits per heavy atom. The van der Waals surface area contributed by atoms with Crippen LogP contribution >= 0.6 is 0 Å². The first-order chi connectivity index (χ1) is 6.83. The molecule has 0 N–H and O–H groups in total. The Morgan fingerprint density at radius 1 is 1.43 bits per heavy atom. The van der Waals surface area contributed by atoms with Crippen molar-refractivity contribution >= 4 is 17.3 Å². The summed E-state index contributed by atoms with van der Waals surface area (Å²) in [6.07, 6.45) is 0.822. The van der Waals surface area contributed by atoms with Crippen LogP contribution in [-0.4, -0.2) is 13.4 Å². The molecular formula is C11H10O3. The first kappa shape index (κ1) is 8.97. The van der Waals surface area contributed by atoms with E-state index in [1.54, 1.807) is 25.3 Å². The zero-order valence-electron chi connectivity index (χ0n) is 7.82. The van der Waals surface area contributed by atoms with Crippen molar-refractivity contribution in [3.05, 3.63) is 35.6 Å². The molecule has 0 saturated heterocycles. The predicted molar refractivity (Wildman–Crippen MR) is 52.3 cm³/mol. The highest BCUT2D eigenvalue weighted by Gasteiger charge is 2.03. The van der Waals surface area contributed by atoms with Gasteiger partial charge in [-0.05, 0) is 24.3 Å². The van der Waals surface area contributed by atoms with Gasteiger partial charge in [-0.2, -0.15) is 0 Å². The summed E-state index contributed by atoms with van der Waals surface area (Å²) in [5, 5.41) is 0.932. The topological polar surface area (TPSA) is 39.4 Å². The molecule has 0 aliphatic rings. The molecule has 0 fully saturated rings. The largest absolute Gasteiger partial charge is 0.459 e. The van der Waals surface area contributed by atoms with Crippen molar-refractivity contribution in [2.45, 2.75) is 6.61 Å². The zero-order valence-corrected chi connectivity index (χ0v) is 7.82. The lowest BCUT2D eigenvalue weighted by Crippen LogP contribution is -1.81. The van der Waals surface area contributed by atoms with Crippen molar-refractivity contribution in [2.24, 2.45) is 0 Å². The van der Waals surface area contributed by atoms with E-state index in [0.717, 1.165) is 23.0 Å². The zero-order chi connectivity index (χ0) is 9.97. The minimum atomic E-state index is 0.450. The number of carbonyl (C=O) groups is 1. The molecule has 0 unspecified atom stereocenters. The van der Waals surface area contributed by atoms with E-state index in [1.165, 1.54) is 0 Å². The molecule has 14 heavy (non-hydrogen) atoms. The molecule has 72 valence electrons. The Hall–Kier alpha value is -1.61. The summed E-state index contributed by atoms with van der Waals surface area (Å²) in [4.78, 5) is 10.5. The maximum Gasteiger partial charge on any atom is 0.150 e. The minimum Gasteiger partial charge on any atom is -0.459 e. The second-order valence-corrected chi connectivity index (χ2v) is 3.06. The third-order valence-corrected chi connectivity index (χ3v) is 2.01. The van der Waals surface area contributed by atoms with Crippen molar-refractivity contribution in [3.63, 3.8) is 0 Å². The number of methoxy groups -OCH3 is 1. The second kappa shape index (κ2) is 3.64. The van der Waals surface area contributed by atoms with Gasteiger partial charge in [-0.25, -0.2) is 0 Å². The van der Waals surface area contributed by atoms with Gasteiger partial charge in [0.25, 0.3) is 0 Å². The van der Waals surface area contributed by atoms with Crippen molar-refractivity contribution in [2.75, 3.05) is 7.11 Å². The van der Waals surface area contributed by atoms with Gasteiger partial charge in [-0.15, -0.1) is 0 Å². The molecule has 2 aromatic rings. The monoisotopic (exact) mass is 190 g/mol. The van der Waals surface area contributed by atoms with Crippen LogP contribution in [-0.2, 0) is 11.3 Å². The normalized spacial score (nSPS) is 10.6. The van der Waals surface area contributed by atoms with Crippen LogP contribution in [0.5, 0.6) is 0 Å². The molecule has 1 heterocycles. The standard InChI is InChI=1S/C11H10O3/c1-13-7-10-5-9-4-8(6-12)2-3-11(9)14-10/h2-6H,7H2,1H3. The Bertz CT molecular complexity index is 457. The van der Waals surface area contributed by atoms with E-state index in [9.17, 15) is 4.79 Å². The highest BCUT2D eigenvalue weighted by molar-refractivity contribution is 5.86. The minimum absolute atomic E-state index is 0.450. The molecule has 3 heteroatoms. The molecule has 0 saturated carbocycles. The smallest absolute Gasteiger partial charge is 0.150 e. The average molecular weight is 190 g/mol. The lowest BCUT2D eigenvalue weighted by molar-refractivity contribution is 0.112. The number of hydrogen-bond acceptors (Lipinski definition) is 3. The van der Waals surface area contributed by atoms with Crippen molar-refractivity contribution < 1.29 is 13.9 Å². The highest BCUT2D eigenvalue weighted by Crippen LogP contribution is 2.20. The number of furan rings is 1. The molecule has 2 rings (SSSR count). The molecule has 0 aliphatic heterocycles. The summed E-state index contributed by atoms with van der Waals surface area (Å²) in [6.45, 7) is 0.450. The van der Waals surface area contributed by atoms with Crippen molar-refractivity contribution in [1.82, 2.24) is 0 Å². The van der Waals surface area contributed by atoms with Crippen LogP contribution < -0.4 is 0 Å². The lowest BCUT2D eigenvalue weighted by atomic mass is 10.2. The van der Waals surface area contributed by atoms with Gasteiger partial charge in [0.05, 0.1) is 0 Å². The molecule has 0 radical (unpaired) electrons. The van der Waals surface area contributed by atoms with Gasteiger partial charge in [0.2, 0.25) is 0 Å². The first-order valence-electron chi connectivity index (χ1n) is 4.30. The molecule has 0 atom stereocenters. The Kier molecular flexibility index (Phi) is 2.33. The Morgan fingerprint density at radius 2 is 2.29 bits per heavy atom. The van der Waals surface area contributed by atoms with E-state index in [1.807, 2.05) is 6.07 Å². The van der Waals surface area contributed by atoms with E-state index in [0.29, 0.717) is 12.2 Å². The van der Waals surface area contributed by atoms with Gasteiger partial charge in [0.1, 0.15) is 24.2 Å². The van der Waals surface area contributed by atoms with Gasteiger partial charge < -0.3 is 9.15 Å². The molecular weight excluding hydrogens is 180 g/mol. The van der Waals surface area contributed by atoms with Crippen LogP contribution in [0.3, 0.4) is 0 Å².